The Hall–Kier alpha value is -0.991. The van der Waals surface area contributed by atoms with Gasteiger partial charge in [-0.3, -0.25) is 0 Å². The molecule has 0 aliphatic heterocycles. The molecule has 1 rings (SSSR count). The second-order valence-corrected chi connectivity index (χ2v) is 3.25. The third-order valence-electron chi connectivity index (χ3n) is 1.65. The molecule has 4 heteroatoms. The molecule has 0 unspecified atom stereocenters. The number of hydrogen-bond acceptors (Lipinski definition) is 3. The summed E-state index contributed by atoms with van der Waals surface area (Å²) in [6.07, 6.45) is 0. The molecule has 1 aromatic carbocycles. The van der Waals surface area contributed by atoms with E-state index < -0.39 is 0 Å². The number of ether oxygens (including phenoxy) is 2. The van der Waals surface area contributed by atoms with Crippen LogP contribution in [0.15, 0.2) is 18.2 Å². The number of rotatable bonds is 3. The van der Waals surface area contributed by atoms with Gasteiger partial charge in [-0.2, -0.15) is 0 Å². The Balaban J connectivity index is 3.15. The van der Waals surface area contributed by atoms with Gasteiger partial charge in [-0.05, 0) is 0 Å². The summed E-state index contributed by atoms with van der Waals surface area (Å²) >= 11 is 2.63. The van der Waals surface area contributed by atoms with Crippen LogP contribution in [0.4, 0.5) is 0 Å². The molecular formula is C9H10NO2Se. The van der Waals surface area contributed by atoms with E-state index in [4.69, 9.17) is 14.9 Å². The van der Waals surface area contributed by atoms with Crippen molar-refractivity contribution in [3.63, 3.8) is 0 Å². The Morgan fingerprint density at radius 3 is 2.46 bits per heavy atom. The molecule has 0 heterocycles. The van der Waals surface area contributed by atoms with E-state index in [9.17, 15) is 0 Å². The standard InChI is InChI=1S/C9H10NO2Se/c1-11-6-3-4-7(9(10)13)8(5-6)12-2/h3-5,10H,1-2H3. The van der Waals surface area contributed by atoms with Crippen molar-refractivity contribution in [2.24, 2.45) is 0 Å². The second-order valence-electron chi connectivity index (χ2n) is 2.40. The van der Waals surface area contributed by atoms with Gasteiger partial charge >= 0.3 is 85.0 Å². The van der Waals surface area contributed by atoms with Crippen molar-refractivity contribution < 1.29 is 9.47 Å². The van der Waals surface area contributed by atoms with Gasteiger partial charge in [0, 0.05) is 0 Å². The zero-order valence-corrected chi connectivity index (χ0v) is 9.17. The Kier molecular flexibility index (Phi) is 3.34. The predicted octanol–water partition coefficient (Wildman–Crippen LogP) is 1.20. The van der Waals surface area contributed by atoms with E-state index in [1.54, 1.807) is 32.4 Å². The van der Waals surface area contributed by atoms with Gasteiger partial charge in [0.1, 0.15) is 0 Å². The van der Waals surface area contributed by atoms with Crippen LogP contribution in [0.3, 0.4) is 0 Å². The van der Waals surface area contributed by atoms with Crippen molar-refractivity contribution >= 4 is 20.6 Å². The monoisotopic (exact) mass is 244 g/mol. The second kappa shape index (κ2) is 4.30. The zero-order chi connectivity index (χ0) is 9.84. The molecule has 1 N–H and O–H groups in total. The topological polar surface area (TPSA) is 42.3 Å². The van der Waals surface area contributed by atoms with E-state index in [1.807, 2.05) is 0 Å². The molecule has 3 nitrogen and oxygen atoms in total. The van der Waals surface area contributed by atoms with Gasteiger partial charge in [0.25, 0.3) is 0 Å². The summed E-state index contributed by atoms with van der Waals surface area (Å²) < 4.78 is 10.5. The van der Waals surface area contributed by atoms with Gasteiger partial charge in [-0.1, -0.05) is 0 Å². The van der Waals surface area contributed by atoms with E-state index in [0.717, 1.165) is 11.3 Å². The zero-order valence-electron chi connectivity index (χ0n) is 7.46. The first-order chi connectivity index (χ1) is 6.19. The number of hydrogen-bond donors (Lipinski definition) is 1. The van der Waals surface area contributed by atoms with E-state index in [0.29, 0.717) is 10.4 Å². The maximum absolute atomic E-state index is 7.43. The Morgan fingerprint density at radius 1 is 1.31 bits per heavy atom. The van der Waals surface area contributed by atoms with Crippen LogP contribution in [0.1, 0.15) is 5.56 Å². The Labute approximate surface area is 85.4 Å². The van der Waals surface area contributed by atoms with Crippen LogP contribution in [0.5, 0.6) is 11.5 Å². The molecule has 69 valence electrons. The van der Waals surface area contributed by atoms with Gasteiger partial charge in [0.15, 0.2) is 0 Å². The van der Waals surface area contributed by atoms with Crippen molar-refractivity contribution in [1.82, 2.24) is 0 Å². The normalized spacial score (nSPS) is 9.38. The minimum atomic E-state index is 0.361. The summed E-state index contributed by atoms with van der Waals surface area (Å²) in [6.45, 7) is 0. The fourth-order valence-corrected chi connectivity index (χ4v) is 1.34. The van der Waals surface area contributed by atoms with Crippen LogP contribution >= 0.6 is 0 Å². The number of methoxy groups -OCH3 is 2. The van der Waals surface area contributed by atoms with Gasteiger partial charge < -0.3 is 0 Å². The first-order valence-corrected chi connectivity index (χ1v) is 4.52. The molecule has 1 aromatic rings. The third-order valence-corrected chi connectivity index (χ3v) is 2.11. The van der Waals surface area contributed by atoms with E-state index in [1.165, 1.54) is 0 Å². The van der Waals surface area contributed by atoms with E-state index in [2.05, 4.69) is 16.0 Å². The molecule has 0 bridgehead atoms. The van der Waals surface area contributed by atoms with Crippen molar-refractivity contribution in [2.45, 2.75) is 0 Å². The van der Waals surface area contributed by atoms with Crippen LogP contribution in [-0.2, 0) is 0 Å². The van der Waals surface area contributed by atoms with Crippen LogP contribution in [0.25, 0.3) is 0 Å². The SMILES string of the molecule is COc1ccc(C(=N)[Se])c(OC)c1. The molecule has 0 aromatic heterocycles. The van der Waals surface area contributed by atoms with Crippen LogP contribution in [-0.4, -0.2) is 34.8 Å². The molecule has 0 saturated carbocycles. The molecular weight excluding hydrogens is 233 g/mol. The van der Waals surface area contributed by atoms with Gasteiger partial charge in [0.05, 0.1) is 0 Å². The fourth-order valence-electron chi connectivity index (χ4n) is 0.986. The van der Waals surface area contributed by atoms with Gasteiger partial charge in [-0.15, -0.1) is 0 Å². The van der Waals surface area contributed by atoms with Crippen LogP contribution in [0.2, 0.25) is 0 Å². The summed E-state index contributed by atoms with van der Waals surface area (Å²) in [5.74, 6) is 1.37. The van der Waals surface area contributed by atoms with Crippen LogP contribution < -0.4 is 9.47 Å². The van der Waals surface area contributed by atoms with Crippen molar-refractivity contribution in [2.75, 3.05) is 14.2 Å². The summed E-state index contributed by atoms with van der Waals surface area (Å²) in [7, 11) is 3.17. The summed E-state index contributed by atoms with van der Waals surface area (Å²) in [5, 5.41) is 7.43. The third kappa shape index (κ3) is 2.23. The fraction of sp³-hybridized carbons (Fsp3) is 0.222. The average Bonchev–Trinajstić information content (AvgIpc) is 2.16. The molecule has 0 atom stereocenters. The summed E-state index contributed by atoms with van der Waals surface area (Å²) in [5.41, 5.74) is 0.739. The van der Waals surface area contributed by atoms with Crippen molar-refractivity contribution in [3.8, 4) is 11.5 Å². The van der Waals surface area contributed by atoms with Crippen molar-refractivity contribution in [3.05, 3.63) is 23.8 Å². The molecule has 0 aliphatic carbocycles. The first-order valence-electron chi connectivity index (χ1n) is 3.67. The van der Waals surface area contributed by atoms with Gasteiger partial charge in [0.2, 0.25) is 0 Å². The Bertz CT molecular complexity index is 325. The quantitative estimate of drug-likeness (QED) is 0.640. The van der Waals surface area contributed by atoms with Crippen LogP contribution in [0, 0.1) is 5.41 Å². The van der Waals surface area contributed by atoms with E-state index >= 15 is 0 Å². The maximum atomic E-state index is 7.43. The van der Waals surface area contributed by atoms with Crippen molar-refractivity contribution in [1.29, 1.82) is 5.41 Å². The molecule has 0 fully saturated rings. The van der Waals surface area contributed by atoms with Gasteiger partial charge in [-0.25, -0.2) is 0 Å². The summed E-state index contributed by atoms with van der Waals surface area (Å²) in [4.78, 5) is 0. The molecule has 0 spiro atoms. The number of nitrogens with one attached hydrogen (secondary N) is 1. The average molecular weight is 243 g/mol. The molecule has 0 saturated heterocycles. The minimum absolute atomic E-state index is 0.361. The molecule has 0 amide bonds. The molecule has 13 heavy (non-hydrogen) atoms. The Morgan fingerprint density at radius 2 is 2.00 bits per heavy atom. The first kappa shape index (κ1) is 10.1. The molecule has 1 radical (unpaired) electrons. The number of benzene rings is 1. The predicted molar refractivity (Wildman–Crippen MR) is 52.1 cm³/mol. The molecule has 0 aliphatic rings. The van der Waals surface area contributed by atoms with E-state index in [-0.39, 0.29) is 0 Å². The summed E-state index contributed by atoms with van der Waals surface area (Å²) in [6, 6.07) is 5.33.